The van der Waals surface area contributed by atoms with Gasteiger partial charge < -0.3 is 4.74 Å². The van der Waals surface area contributed by atoms with Gasteiger partial charge in [0.05, 0.1) is 5.56 Å². The second-order valence-electron chi connectivity index (χ2n) is 8.55. The quantitative estimate of drug-likeness (QED) is 0.141. The molecule has 0 radical (unpaired) electrons. The molecule has 0 bridgehead atoms. The number of hydrogen-bond acceptors (Lipinski definition) is 2. The molecular weight excluding hydrogens is 435 g/mol. The van der Waals surface area contributed by atoms with Crippen LogP contribution in [0, 0.1) is 24.6 Å². The number of fused-ring (bicyclic) bond motifs is 1. The lowest BCUT2D eigenvalue weighted by molar-refractivity contribution is 0.0715. The minimum atomic E-state index is -0.918. The van der Waals surface area contributed by atoms with Gasteiger partial charge in [-0.3, -0.25) is 4.79 Å². The zero-order valence-corrected chi connectivity index (χ0v) is 19.3. The third-order valence-corrected chi connectivity index (χ3v) is 6.15. The Kier molecular flexibility index (Phi) is 6.04. The van der Waals surface area contributed by atoms with E-state index >= 15 is 0 Å². The van der Waals surface area contributed by atoms with Crippen molar-refractivity contribution in [3.63, 3.8) is 0 Å². The zero-order valence-electron chi connectivity index (χ0n) is 19.3. The maximum absolute atomic E-state index is 14.6. The molecule has 4 aromatic carbocycles. The van der Waals surface area contributed by atoms with Gasteiger partial charge in [0.15, 0.2) is 11.4 Å². The average Bonchev–Trinajstić information content (AvgIpc) is 2.87. The highest BCUT2D eigenvalue weighted by Crippen LogP contribution is 2.44. The van der Waals surface area contributed by atoms with E-state index in [1.807, 2.05) is 78.9 Å². The van der Waals surface area contributed by atoms with E-state index in [0.29, 0.717) is 17.7 Å². The lowest BCUT2D eigenvalue weighted by atomic mass is 9.73. The van der Waals surface area contributed by atoms with Crippen LogP contribution in [0.2, 0.25) is 0 Å². The highest BCUT2D eigenvalue weighted by molar-refractivity contribution is 6.09. The van der Waals surface area contributed by atoms with E-state index in [1.54, 1.807) is 19.1 Å². The van der Waals surface area contributed by atoms with E-state index in [0.717, 1.165) is 22.3 Å². The molecule has 2 nitrogen and oxygen atoms in total. The summed E-state index contributed by atoms with van der Waals surface area (Å²) in [5.41, 5.74) is 3.43. The summed E-state index contributed by atoms with van der Waals surface area (Å²) in [5.74, 6) is 5.94. The molecular formula is C32H23FO2. The molecule has 0 saturated heterocycles. The van der Waals surface area contributed by atoms with Gasteiger partial charge in [0.2, 0.25) is 0 Å². The molecule has 1 aliphatic rings. The van der Waals surface area contributed by atoms with Crippen molar-refractivity contribution in [2.75, 3.05) is 0 Å². The number of carbonyl (C=O) groups excluding carboxylic acids is 1. The number of rotatable bonds is 5. The first-order valence-corrected chi connectivity index (χ1v) is 11.5. The van der Waals surface area contributed by atoms with Crippen LogP contribution in [0.25, 0.3) is 5.76 Å². The standard InChI is InChI=1S/C32H23FO2/c1-23-11-10-18-28(33)31(23)29(34)21-30(25-14-6-3-7-15-25)35-32(20-19-24-12-4-2-5-13-24)22-26-16-8-9-17-27(26)32/h2-18,21H,22H2,1H3/b30-21+/t32-/m0/s1. The molecule has 0 fully saturated rings. The molecule has 35 heavy (non-hydrogen) atoms. The number of benzene rings is 4. The Bertz CT molecular complexity index is 1460. The first-order chi connectivity index (χ1) is 17.1. The van der Waals surface area contributed by atoms with Crippen molar-refractivity contribution < 1.29 is 13.9 Å². The van der Waals surface area contributed by atoms with Crippen LogP contribution >= 0.6 is 0 Å². The van der Waals surface area contributed by atoms with Crippen LogP contribution in [0.1, 0.15) is 38.2 Å². The number of ketones is 1. The van der Waals surface area contributed by atoms with E-state index in [2.05, 4.69) is 17.9 Å². The summed E-state index contributed by atoms with van der Waals surface area (Å²) in [6.07, 6.45) is 1.97. The maximum atomic E-state index is 14.6. The summed E-state index contributed by atoms with van der Waals surface area (Å²) in [6.45, 7) is 1.72. The zero-order chi connectivity index (χ0) is 24.3. The second kappa shape index (κ2) is 9.44. The average molecular weight is 459 g/mol. The number of allylic oxidation sites excluding steroid dienone is 1. The molecule has 0 spiro atoms. The molecule has 0 N–H and O–H groups in total. The largest absolute Gasteiger partial charge is 0.469 e. The normalized spacial score (nSPS) is 16.3. The minimum absolute atomic E-state index is 0.0444. The van der Waals surface area contributed by atoms with E-state index < -0.39 is 17.2 Å². The first kappa shape index (κ1) is 22.4. The molecule has 5 rings (SSSR count). The van der Waals surface area contributed by atoms with Gasteiger partial charge in [0, 0.05) is 29.2 Å². The lowest BCUT2D eigenvalue weighted by Crippen LogP contribution is -2.40. The topological polar surface area (TPSA) is 26.3 Å². The van der Waals surface area contributed by atoms with Gasteiger partial charge in [-0.25, -0.2) is 4.39 Å². The SMILES string of the molecule is Cc1cccc(F)c1C(=O)/C=C(/O[C@@]1(C#Cc2ccccc2)Cc2ccccc21)c1ccccc1. The summed E-state index contributed by atoms with van der Waals surface area (Å²) in [5, 5.41) is 0. The number of aryl methyl sites for hydroxylation is 1. The van der Waals surface area contributed by atoms with Gasteiger partial charge in [-0.1, -0.05) is 90.8 Å². The summed E-state index contributed by atoms with van der Waals surface area (Å²) < 4.78 is 21.2. The molecule has 1 atom stereocenters. The van der Waals surface area contributed by atoms with E-state index in [4.69, 9.17) is 4.74 Å². The van der Waals surface area contributed by atoms with Gasteiger partial charge >= 0.3 is 0 Å². The summed E-state index contributed by atoms with van der Waals surface area (Å²) in [6, 6.07) is 31.7. The van der Waals surface area contributed by atoms with Crippen molar-refractivity contribution in [3.05, 3.63) is 148 Å². The summed E-state index contributed by atoms with van der Waals surface area (Å²) in [4.78, 5) is 13.3. The van der Waals surface area contributed by atoms with Crippen LogP contribution < -0.4 is 0 Å². The van der Waals surface area contributed by atoms with Gasteiger partial charge in [0.25, 0.3) is 0 Å². The Morgan fingerprint density at radius 1 is 0.886 bits per heavy atom. The fourth-order valence-corrected chi connectivity index (χ4v) is 4.34. The molecule has 0 aliphatic heterocycles. The van der Waals surface area contributed by atoms with Crippen LogP contribution in [0.15, 0.2) is 109 Å². The number of hydrogen-bond donors (Lipinski definition) is 0. The molecule has 0 unspecified atom stereocenters. The Morgan fingerprint density at radius 3 is 2.29 bits per heavy atom. The molecule has 0 amide bonds. The van der Waals surface area contributed by atoms with Crippen LogP contribution in [0.4, 0.5) is 4.39 Å². The van der Waals surface area contributed by atoms with Crippen molar-refractivity contribution in [2.45, 2.75) is 18.9 Å². The van der Waals surface area contributed by atoms with Crippen LogP contribution in [0.3, 0.4) is 0 Å². The smallest absolute Gasteiger partial charge is 0.199 e. The number of ether oxygens (including phenoxy) is 1. The van der Waals surface area contributed by atoms with Gasteiger partial charge in [0.1, 0.15) is 11.6 Å². The molecule has 0 heterocycles. The molecule has 0 saturated carbocycles. The number of halogens is 1. The van der Waals surface area contributed by atoms with Crippen molar-refractivity contribution in [1.82, 2.24) is 0 Å². The highest BCUT2D eigenvalue weighted by atomic mass is 19.1. The van der Waals surface area contributed by atoms with Crippen molar-refractivity contribution >= 4 is 11.5 Å². The predicted molar refractivity (Wildman–Crippen MR) is 136 cm³/mol. The summed E-state index contributed by atoms with van der Waals surface area (Å²) >= 11 is 0. The minimum Gasteiger partial charge on any atom is -0.469 e. The Morgan fingerprint density at radius 2 is 1.57 bits per heavy atom. The third-order valence-electron chi connectivity index (χ3n) is 6.15. The van der Waals surface area contributed by atoms with Crippen molar-refractivity contribution in [3.8, 4) is 11.8 Å². The summed E-state index contributed by atoms with van der Waals surface area (Å²) in [7, 11) is 0. The van der Waals surface area contributed by atoms with Gasteiger partial charge in [-0.15, -0.1) is 0 Å². The third kappa shape index (κ3) is 4.52. The molecule has 4 aromatic rings. The first-order valence-electron chi connectivity index (χ1n) is 11.5. The van der Waals surface area contributed by atoms with E-state index in [-0.39, 0.29) is 5.56 Å². The second-order valence-corrected chi connectivity index (χ2v) is 8.55. The fraction of sp³-hybridized carbons (Fsp3) is 0.0938. The lowest BCUT2D eigenvalue weighted by Gasteiger charge is -2.40. The van der Waals surface area contributed by atoms with Gasteiger partial charge in [-0.05, 0) is 42.2 Å². The highest BCUT2D eigenvalue weighted by Gasteiger charge is 2.44. The Balaban J connectivity index is 1.60. The fourth-order valence-electron chi connectivity index (χ4n) is 4.34. The maximum Gasteiger partial charge on any atom is 0.199 e. The van der Waals surface area contributed by atoms with E-state index in [1.165, 1.54) is 12.1 Å². The van der Waals surface area contributed by atoms with Crippen LogP contribution in [0.5, 0.6) is 0 Å². The molecule has 0 aromatic heterocycles. The molecule has 3 heteroatoms. The number of carbonyl (C=O) groups is 1. The van der Waals surface area contributed by atoms with E-state index in [9.17, 15) is 9.18 Å². The van der Waals surface area contributed by atoms with Crippen molar-refractivity contribution in [1.29, 1.82) is 0 Å². The molecule has 170 valence electrons. The predicted octanol–water partition coefficient (Wildman–Crippen LogP) is 6.88. The van der Waals surface area contributed by atoms with Gasteiger partial charge in [-0.2, -0.15) is 0 Å². The van der Waals surface area contributed by atoms with Crippen molar-refractivity contribution in [2.24, 2.45) is 0 Å². The Labute approximate surface area is 204 Å². The van der Waals surface area contributed by atoms with Crippen LogP contribution in [-0.2, 0) is 16.8 Å². The Hall–Kier alpha value is -4.42. The molecule has 1 aliphatic carbocycles. The van der Waals surface area contributed by atoms with Crippen LogP contribution in [-0.4, -0.2) is 5.78 Å². The monoisotopic (exact) mass is 458 g/mol.